The number of ether oxygens (including phenoxy) is 1. The molecule has 1 aromatic heterocycles. The first kappa shape index (κ1) is 19.2. The van der Waals surface area contributed by atoms with Gasteiger partial charge in [0.25, 0.3) is 0 Å². The van der Waals surface area contributed by atoms with Crippen molar-refractivity contribution in [3.05, 3.63) is 47.2 Å². The monoisotopic (exact) mass is 400 g/mol. The molecular formula is C18H16ClF3N2O3. The summed E-state index contributed by atoms with van der Waals surface area (Å²) in [5.74, 6) is 1.49. The molecule has 0 aliphatic carbocycles. The van der Waals surface area contributed by atoms with E-state index in [4.69, 9.17) is 20.8 Å². The Bertz CT molecular complexity index is 864. The molecule has 27 heavy (non-hydrogen) atoms. The number of furan rings is 1. The number of carbonyl (C=O) groups excluding carboxylic acids is 1. The highest BCUT2D eigenvalue weighted by Crippen LogP contribution is 2.34. The number of hydrogen-bond acceptors (Lipinski definition) is 3. The lowest BCUT2D eigenvalue weighted by atomic mass is 10.0. The highest BCUT2D eigenvalue weighted by Gasteiger charge is 2.44. The summed E-state index contributed by atoms with van der Waals surface area (Å²) in [6, 6.07) is 4.94. The van der Waals surface area contributed by atoms with E-state index < -0.39 is 24.3 Å². The fraction of sp³-hybridized carbons (Fsp3) is 0.278. The van der Waals surface area contributed by atoms with Crippen molar-refractivity contribution in [2.24, 2.45) is 0 Å². The van der Waals surface area contributed by atoms with E-state index in [9.17, 15) is 18.0 Å². The van der Waals surface area contributed by atoms with Crippen molar-refractivity contribution in [3.63, 3.8) is 0 Å². The van der Waals surface area contributed by atoms with Crippen molar-refractivity contribution in [1.29, 1.82) is 0 Å². The van der Waals surface area contributed by atoms with Crippen molar-refractivity contribution in [2.75, 3.05) is 7.11 Å². The van der Waals surface area contributed by atoms with E-state index in [-0.39, 0.29) is 6.42 Å². The van der Waals surface area contributed by atoms with E-state index >= 15 is 0 Å². The van der Waals surface area contributed by atoms with Crippen molar-refractivity contribution in [1.82, 2.24) is 10.6 Å². The second-order valence-electron chi connectivity index (χ2n) is 5.96. The van der Waals surface area contributed by atoms with E-state index in [1.54, 1.807) is 30.3 Å². The summed E-state index contributed by atoms with van der Waals surface area (Å²) in [6.07, 6.45) is -1.81. The summed E-state index contributed by atoms with van der Waals surface area (Å²) in [5.41, 5.74) is 0.650. The van der Waals surface area contributed by atoms with Gasteiger partial charge in [0.2, 0.25) is 0 Å². The number of methoxy groups -OCH3 is 1. The number of amides is 2. The van der Waals surface area contributed by atoms with Gasteiger partial charge in [-0.1, -0.05) is 17.7 Å². The zero-order chi connectivity index (χ0) is 19.6. The maximum atomic E-state index is 12.8. The molecule has 2 aromatic rings. The molecule has 0 radical (unpaired) electrons. The standard InChI is InChI=1S/C18H16ClF3N2O3/c1-26-14-6-2-10(19)8-13(14)15-7-5-12(27-15)4-3-11-9-16(18(20,21)22)24-17(25)23-11/h2-8,11,16H,9H2,1H3,(H2,23,24,25)/b4-3+. The van der Waals surface area contributed by atoms with Gasteiger partial charge in [-0.3, -0.25) is 0 Å². The number of alkyl halides is 3. The highest BCUT2D eigenvalue weighted by atomic mass is 35.5. The fourth-order valence-electron chi connectivity index (χ4n) is 2.75. The number of urea groups is 1. The first-order valence-corrected chi connectivity index (χ1v) is 8.40. The quantitative estimate of drug-likeness (QED) is 0.786. The lowest BCUT2D eigenvalue weighted by molar-refractivity contribution is -0.157. The van der Waals surface area contributed by atoms with E-state index in [0.717, 1.165) is 0 Å². The summed E-state index contributed by atoms with van der Waals surface area (Å²) in [6.45, 7) is 0. The third kappa shape index (κ3) is 4.57. The van der Waals surface area contributed by atoms with Gasteiger partial charge in [0.15, 0.2) is 0 Å². The number of nitrogens with one attached hydrogen (secondary N) is 2. The molecule has 5 nitrogen and oxygen atoms in total. The maximum Gasteiger partial charge on any atom is 0.408 e. The van der Waals surface area contributed by atoms with Gasteiger partial charge in [-0.25, -0.2) is 4.79 Å². The summed E-state index contributed by atoms with van der Waals surface area (Å²) in [4.78, 5) is 11.4. The molecule has 1 aromatic carbocycles. The molecule has 9 heteroatoms. The molecule has 2 N–H and O–H groups in total. The molecule has 144 valence electrons. The topological polar surface area (TPSA) is 63.5 Å². The SMILES string of the molecule is COc1ccc(Cl)cc1-c1ccc(/C=C/C2CC(C(F)(F)F)NC(=O)N2)o1. The van der Waals surface area contributed by atoms with E-state index in [1.807, 2.05) is 5.32 Å². The molecule has 0 spiro atoms. The van der Waals surface area contributed by atoms with Crippen LogP contribution in [0.4, 0.5) is 18.0 Å². The Morgan fingerprint density at radius 2 is 2.04 bits per heavy atom. The number of carbonyl (C=O) groups is 1. The Kier molecular flexibility index (Phi) is 5.36. The number of rotatable bonds is 4. The molecule has 2 atom stereocenters. The van der Waals surface area contributed by atoms with Crippen LogP contribution in [0.5, 0.6) is 5.75 Å². The summed E-state index contributed by atoms with van der Waals surface area (Å²) < 4.78 is 49.5. The Morgan fingerprint density at radius 3 is 2.74 bits per heavy atom. The van der Waals surface area contributed by atoms with Crippen LogP contribution >= 0.6 is 11.6 Å². The minimum Gasteiger partial charge on any atom is -0.496 e. The average molecular weight is 401 g/mol. The molecule has 0 bridgehead atoms. The van der Waals surface area contributed by atoms with Gasteiger partial charge in [-0.2, -0.15) is 13.2 Å². The third-order valence-electron chi connectivity index (χ3n) is 4.05. The number of halogens is 4. The minimum absolute atomic E-state index is 0.304. The predicted octanol–water partition coefficient (Wildman–Crippen LogP) is 4.62. The van der Waals surface area contributed by atoms with Gasteiger partial charge in [0.05, 0.1) is 18.7 Å². The summed E-state index contributed by atoms with van der Waals surface area (Å²) in [7, 11) is 1.52. The minimum atomic E-state index is -4.50. The van der Waals surface area contributed by atoms with Crippen LogP contribution in [0.1, 0.15) is 12.2 Å². The fourth-order valence-corrected chi connectivity index (χ4v) is 2.93. The van der Waals surface area contributed by atoms with Crippen molar-refractivity contribution in [2.45, 2.75) is 24.7 Å². The van der Waals surface area contributed by atoms with Crippen LogP contribution in [0.15, 0.2) is 40.8 Å². The molecule has 2 amide bonds. The normalized spacial score (nSPS) is 20.4. The molecule has 2 unspecified atom stereocenters. The van der Waals surface area contributed by atoms with Crippen LogP contribution in [-0.4, -0.2) is 31.4 Å². The average Bonchev–Trinajstić information content (AvgIpc) is 3.07. The van der Waals surface area contributed by atoms with Crippen molar-refractivity contribution < 1.29 is 27.1 Å². The molecule has 1 fully saturated rings. The first-order valence-electron chi connectivity index (χ1n) is 8.02. The van der Waals surface area contributed by atoms with Crippen LogP contribution < -0.4 is 15.4 Å². The second-order valence-corrected chi connectivity index (χ2v) is 6.40. The van der Waals surface area contributed by atoms with Crippen molar-refractivity contribution >= 4 is 23.7 Å². The molecule has 1 aliphatic heterocycles. The molecule has 3 rings (SSSR count). The van der Waals surface area contributed by atoms with Gasteiger partial charge < -0.3 is 19.8 Å². The van der Waals surface area contributed by atoms with E-state index in [1.165, 1.54) is 19.3 Å². The number of hydrogen-bond donors (Lipinski definition) is 2. The maximum absolute atomic E-state index is 12.8. The zero-order valence-corrected chi connectivity index (χ0v) is 14.9. The smallest absolute Gasteiger partial charge is 0.408 e. The van der Waals surface area contributed by atoms with E-state index in [2.05, 4.69) is 5.32 Å². The van der Waals surface area contributed by atoms with Gasteiger partial charge in [-0.15, -0.1) is 0 Å². The van der Waals surface area contributed by atoms with Crippen molar-refractivity contribution in [3.8, 4) is 17.1 Å². The van der Waals surface area contributed by atoms with Crippen LogP contribution in [0.25, 0.3) is 17.4 Å². The van der Waals surface area contributed by atoms with Crippen LogP contribution in [0.2, 0.25) is 5.02 Å². The zero-order valence-electron chi connectivity index (χ0n) is 14.1. The summed E-state index contributed by atoms with van der Waals surface area (Å²) >= 11 is 6.01. The van der Waals surface area contributed by atoms with E-state index in [0.29, 0.717) is 27.9 Å². The Morgan fingerprint density at radius 1 is 1.26 bits per heavy atom. The third-order valence-corrected chi connectivity index (χ3v) is 4.29. The van der Waals surface area contributed by atoms with Crippen LogP contribution in [0, 0.1) is 0 Å². The van der Waals surface area contributed by atoms with Gasteiger partial charge >= 0.3 is 12.2 Å². The van der Waals surface area contributed by atoms with Gasteiger partial charge in [0.1, 0.15) is 23.3 Å². The highest BCUT2D eigenvalue weighted by molar-refractivity contribution is 6.30. The number of benzene rings is 1. The molecule has 2 heterocycles. The van der Waals surface area contributed by atoms with Gasteiger partial charge in [0, 0.05) is 11.4 Å². The molecular weight excluding hydrogens is 385 g/mol. The largest absolute Gasteiger partial charge is 0.496 e. The lowest BCUT2D eigenvalue weighted by Crippen LogP contribution is -2.58. The second kappa shape index (κ2) is 7.56. The van der Waals surface area contributed by atoms with Crippen LogP contribution in [0.3, 0.4) is 0 Å². The predicted molar refractivity (Wildman–Crippen MR) is 94.7 cm³/mol. The molecule has 0 saturated carbocycles. The Hall–Kier alpha value is -2.61. The molecule has 1 aliphatic rings. The summed E-state index contributed by atoms with van der Waals surface area (Å²) in [5, 5.41) is 4.82. The Balaban J connectivity index is 1.76. The first-order chi connectivity index (χ1) is 12.8. The Labute approximate surface area is 158 Å². The van der Waals surface area contributed by atoms with Crippen LogP contribution in [-0.2, 0) is 0 Å². The molecule has 1 saturated heterocycles. The van der Waals surface area contributed by atoms with Gasteiger partial charge in [-0.05, 0) is 36.4 Å². The lowest BCUT2D eigenvalue weighted by Gasteiger charge is -2.30.